The van der Waals surface area contributed by atoms with Gasteiger partial charge in [0, 0.05) is 13.0 Å². The zero-order valence-corrected chi connectivity index (χ0v) is 12.8. The molecule has 0 spiro atoms. The number of ether oxygens (including phenoxy) is 2. The van der Waals surface area contributed by atoms with Crippen LogP contribution in [0, 0.1) is 0 Å². The molecule has 0 radical (unpaired) electrons. The topological polar surface area (TPSA) is 84.9 Å². The highest BCUT2D eigenvalue weighted by molar-refractivity contribution is 5.87. The van der Waals surface area contributed by atoms with Crippen molar-refractivity contribution in [3.8, 4) is 11.5 Å². The first-order chi connectivity index (χ1) is 10.4. The Hall–Kier alpha value is -2.24. The Morgan fingerprint density at radius 3 is 2.59 bits per heavy atom. The number of rotatable bonds is 6. The third kappa shape index (κ3) is 3.69. The summed E-state index contributed by atoms with van der Waals surface area (Å²) in [6.45, 7) is 5.02. The number of carboxylic acids is 1. The van der Waals surface area contributed by atoms with Crippen molar-refractivity contribution in [2.24, 2.45) is 0 Å². The summed E-state index contributed by atoms with van der Waals surface area (Å²) in [5, 5.41) is 11.4. The van der Waals surface area contributed by atoms with E-state index in [1.54, 1.807) is 0 Å². The van der Waals surface area contributed by atoms with E-state index in [0.717, 1.165) is 5.56 Å². The molecule has 0 atom stereocenters. The monoisotopic (exact) mass is 307 g/mol. The number of aliphatic carboxylic acids is 1. The Balaban J connectivity index is 2.02. The van der Waals surface area contributed by atoms with Gasteiger partial charge >= 0.3 is 5.97 Å². The lowest BCUT2D eigenvalue weighted by molar-refractivity contribution is -0.137. The maximum Gasteiger partial charge on any atom is 0.303 e. The highest BCUT2D eigenvalue weighted by atomic mass is 16.6. The van der Waals surface area contributed by atoms with E-state index in [9.17, 15) is 9.59 Å². The van der Waals surface area contributed by atoms with Gasteiger partial charge in [-0.25, -0.2) is 0 Å². The van der Waals surface area contributed by atoms with Crippen molar-refractivity contribution < 1.29 is 24.2 Å². The van der Waals surface area contributed by atoms with E-state index in [1.807, 2.05) is 32.0 Å². The van der Waals surface area contributed by atoms with Gasteiger partial charge in [-0.15, -0.1) is 0 Å². The molecule has 1 heterocycles. The molecular formula is C16H21NO5. The van der Waals surface area contributed by atoms with Gasteiger partial charge in [0.25, 0.3) is 0 Å². The Morgan fingerprint density at radius 2 is 1.91 bits per heavy atom. The average Bonchev–Trinajstić information content (AvgIpc) is 2.50. The molecule has 6 nitrogen and oxygen atoms in total. The summed E-state index contributed by atoms with van der Waals surface area (Å²) in [6.07, 6.45) is 0.461. The minimum Gasteiger partial charge on any atom is -0.486 e. The fourth-order valence-electron chi connectivity index (χ4n) is 2.23. The van der Waals surface area contributed by atoms with Crippen LogP contribution in [0.4, 0.5) is 0 Å². The second-order valence-corrected chi connectivity index (χ2v) is 5.74. The van der Waals surface area contributed by atoms with E-state index in [0.29, 0.717) is 37.7 Å². The normalized spacial score (nSPS) is 13.5. The average molecular weight is 307 g/mol. The van der Waals surface area contributed by atoms with E-state index >= 15 is 0 Å². The van der Waals surface area contributed by atoms with Crippen LogP contribution in [0.25, 0.3) is 0 Å². The summed E-state index contributed by atoms with van der Waals surface area (Å²) in [5.41, 5.74) is 0.0893. The summed E-state index contributed by atoms with van der Waals surface area (Å²) < 4.78 is 11.0. The lowest BCUT2D eigenvalue weighted by atomic mass is 9.83. The quantitative estimate of drug-likeness (QED) is 0.782. The van der Waals surface area contributed by atoms with Gasteiger partial charge in [-0.1, -0.05) is 6.07 Å². The molecule has 2 rings (SSSR count). The predicted octanol–water partition coefficient (Wildman–Crippen LogP) is 1.72. The molecule has 0 saturated heterocycles. The van der Waals surface area contributed by atoms with E-state index in [2.05, 4.69) is 5.32 Å². The number of amides is 1. The van der Waals surface area contributed by atoms with Gasteiger partial charge in [-0.05, 0) is 38.0 Å². The number of hydrogen-bond acceptors (Lipinski definition) is 4. The standard InChI is InChI=1S/C16H21NO5/c1-16(2,15(20)17-7-3-4-14(18)19)11-5-6-12-13(10-11)22-9-8-21-12/h5-6,10H,3-4,7-9H2,1-2H3,(H,17,20)(H,18,19). The summed E-state index contributed by atoms with van der Waals surface area (Å²) in [4.78, 5) is 22.8. The highest BCUT2D eigenvalue weighted by Gasteiger charge is 2.30. The van der Waals surface area contributed by atoms with Gasteiger partial charge < -0.3 is 19.9 Å². The van der Waals surface area contributed by atoms with Crippen LogP contribution >= 0.6 is 0 Å². The SMILES string of the molecule is CC(C)(C(=O)NCCCC(=O)O)c1ccc2c(c1)OCCO2. The highest BCUT2D eigenvalue weighted by Crippen LogP contribution is 2.35. The molecule has 0 aliphatic carbocycles. The third-order valence-electron chi connectivity index (χ3n) is 3.68. The summed E-state index contributed by atoms with van der Waals surface area (Å²) in [5.74, 6) is 0.332. The minimum atomic E-state index is -0.861. The van der Waals surface area contributed by atoms with Crippen LogP contribution in [0.5, 0.6) is 11.5 Å². The van der Waals surface area contributed by atoms with Crippen molar-refractivity contribution in [2.45, 2.75) is 32.1 Å². The first-order valence-electron chi connectivity index (χ1n) is 7.31. The van der Waals surface area contributed by atoms with Gasteiger partial charge in [-0.3, -0.25) is 9.59 Å². The number of nitrogens with one attached hydrogen (secondary N) is 1. The summed E-state index contributed by atoms with van der Waals surface area (Å²) in [7, 11) is 0. The van der Waals surface area contributed by atoms with Crippen LogP contribution < -0.4 is 14.8 Å². The second kappa shape index (κ2) is 6.68. The fraction of sp³-hybridized carbons (Fsp3) is 0.500. The fourth-order valence-corrected chi connectivity index (χ4v) is 2.23. The molecule has 1 amide bonds. The van der Waals surface area contributed by atoms with Crippen molar-refractivity contribution in [1.29, 1.82) is 0 Å². The predicted molar refractivity (Wildman–Crippen MR) is 80.3 cm³/mol. The lowest BCUT2D eigenvalue weighted by Gasteiger charge is -2.26. The number of carbonyl (C=O) groups is 2. The Kier molecular flexibility index (Phi) is 4.90. The number of carboxylic acid groups (broad SMARTS) is 1. The molecule has 1 aromatic rings. The van der Waals surface area contributed by atoms with Gasteiger partial charge in [0.15, 0.2) is 11.5 Å². The number of hydrogen-bond donors (Lipinski definition) is 2. The molecule has 6 heteroatoms. The third-order valence-corrected chi connectivity index (χ3v) is 3.68. The molecule has 2 N–H and O–H groups in total. The Labute approximate surface area is 129 Å². The van der Waals surface area contributed by atoms with Crippen LogP contribution in [-0.4, -0.2) is 36.7 Å². The molecule has 0 bridgehead atoms. The molecule has 120 valence electrons. The van der Waals surface area contributed by atoms with Crippen molar-refractivity contribution in [3.05, 3.63) is 23.8 Å². The van der Waals surface area contributed by atoms with E-state index < -0.39 is 11.4 Å². The van der Waals surface area contributed by atoms with Crippen molar-refractivity contribution in [3.63, 3.8) is 0 Å². The zero-order chi connectivity index (χ0) is 16.2. The first-order valence-corrected chi connectivity index (χ1v) is 7.31. The smallest absolute Gasteiger partial charge is 0.303 e. The van der Waals surface area contributed by atoms with E-state index in [4.69, 9.17) is 14.6 Å². The van der Waals surface area contributed by atoms with Gasteiger partial charge in [0.2, 0.25) is 5.91 Å². The van der Waals surface area contributed by atoms with E-state index in [-0.39, 0.29) is 12.3 Å². The van der Waals surface area contributed by atoms with Crippen LogP contribution in [0.3, 0.4) is 0 Å². The summed E-state index contributed by atoms with van der Waals surface area (Å²) in [6, 6.07) is 5.49. The van der Waals surface area contributed by atoms with Crippen LogP contribution in [0.2, 0.25) is 0 Å². The van der Waals surface area contributed by atoms with Crippen LogP contribution in [0.15, 0.2) is 18.2 Å². The number of benzene rings is 1. The molecule has 1 aliphatic heterocycles. The molecule has 1 aliphatic rings. The van der Waals surface area contributed by atoms with Gasteiger partial charge in [0.1, 0.15) is 13.2 Å². The Bertz CT molecular complexity index is 568. The summed E-state index contributed by atoms with van der Waals surface area (Å²) >= 11 is 0. The lowest BCUT2D eigenvalue weighted by Crippen LogP contribution is -2.40. The van der Waals surface area contributed by atoms with Crippen molar-refractivity contribution in [2.75, 3.05) is 19.8 Å². The maximum atomic E-state index is 12.3. The molecule has 22 heavy (non-hydrogen) atoms. The molecule has 0 fully saturated rings. The Morgan fingerprint density at radius 1 is 1.23 bits per heavy atom. The largest absolute Gasteiger partial charge is 0.486 e. The maximum absolute atomic E-state index is 12.3. The molecule has 1 aromatic carbocycles. The first kappa shape index (κ1) is 16.1. The van der Waals surface area contributed by atoms with E-state index in [1.165, 1.54) is 0 Å². The van der Waals surface area contributed by atoms with Crippen LogP contribution in [0.1, 0.15) is 32.3 Å². The van der Waals surface area contributed by atoms with Crippen molar-refractivity contribution in [1.82, 2.24) is 5.32 Å². The molecule has 0 saturated carbocycles. The number of carbonyl (C=O) groups excluding carboxylic acids is 1. The van der Waals surface area contributed by atoms with Gasteiger partial charge in [-0.2, -0.15) is 0 Å². The molecule has 0 unspecified atom stereocenters. The second-order valence-electron chi connectivity index (χ2n) is 5.74. The zero-order valence-electron chi connectivity index (χ0n) is 12.8. The van der Waals surface area contributed by atoms with Crippen molar-refractivity contribution >= 4 is 11.9 Å². The van der Waals surface area contributed by atoms with Crippen LogP contribution in [-0.2, 0) is 15.0 Å². The minimum absolute atomic E-state index is 0.0464. The number of fused-ring (bicyclic) bond motifs is 1. The molecular weight excluding hydrogens is 286 g/mol. The molecule has 0 aromatic heterocycles. The van der Waals surface area contributed by atoms with Gasteiger partial charge in [0.05, 0.1) is 5.41 Å².